The molecule has 18 heavy (non-hydrogen) atoms. The van der Waals surface area contributed by atoms with Crippen LogP contribution in [-0.4, -0.2) is 17.1 Å². The summed E-state index contributed by atoms with van der Waals surface area (Å²) in [6, 6.07) is 4.65. The van der Waals surface area contributed by atoms with Crippen molar-refractivity contribution in [2.75, 3.05) is 0 Å². The molecule has 1 unspecified atom stereocenters. The van der Waals surface area contributed by atoms with Gasteiger partial charge in [-0.05, 0) is 30.2 Å². The second-order valence-electron chi connectivity index (χ2n) is 4.02. The molecule has 1 atom stereocenters. The van der Waals surface area contributed by atoms with Crippen molar-refractivity contribution in [3.8, 4) is 0 Å². The molecule has 0 aliphatic heterocycles. The molecule has 0 bridgehead atoms. The fourth-order valence-corrected chi connectivity index (χ4v) is 1.97. The molecule has 0 saturated heterocycles. The standard InChI is InChI=1S/C12H17BrFN3O/c1-2-10(6-12(15)17-18)16-7-8-5-9(14)3-4-11(8)13/h3-5,10,16,18H,2,6-7H2,1H3,(H2,15,17). The largest absolute Gasteiger partial charge is 0.409 e. The normalized spacial score (nSPS) is 13.6. The van der Waals surface area contributed by atoms with Gasteiger partial charge in [-0.15, -0.1) is 0 Å². The van der Waals surface area contributed by atoms with E-state index in [2.05, 4.69) is 26.4 Å². The van der Waals surface area contributed by atoms with E-state index in [9.17, 15) is 4.39 Å². The zero-order chi connectivity index (χ0) is 13.5. The minimum atomic E-state index is -0.264. The van der Waals surface area contributed by atoms with Crippen molar-refractivity contribution >= 4 is 21.8 Å². The first-order valence-corrected chi connectivity index (χ1v) is 6.49. The van der Waals surface area contributed by atoms with E-state index in [1.807, 2.05) is 6.92 Å². The van der Waals surface area contributed by atoms with Gasteiger partial charge in [0.1, 0.15) is 11.7 Å². The highest BCUT2D eigenvalue weighted by molar-refractivity contribution is 9.10. The molecule has 0 fully saturated rings. The number of oxime groups is 1. The maximum atomic E-state index is 13.1. The van der Waals surface area contributed by atoms with Gasteiger partial charge in [0.2, 0.25) is 0 Å². The van der Waals surface area contributed by atoms with E-state index in [0.717, 1.165) is 16.5 Å². The van der Waals surface area contributed by atoms with E-state index in [-0.39, 0.29) is 17.7 Å². The van der Waals surface area contributed by atoms with Crippen LogP contribution in [0.25, 0.3) is 0 Å². The van der Waals surface area contributed by atoms with Crippen LogP contribution in [-0.2, 0) is 6.54 Å². The van der Waals surface area contributed by atoms with E-state index in [0.29, 0.717) is 13.0 Å². The number of halogens is 2. The van der Waals surface area contributed by atoms with E-state index < -0.39 is 0 Å². The first kappa shape index (κ1) is 14.9. The van der Waals surface area contributed by atoms with Crippen LogP contribution in [0.2, 0.25) is 0 Å². The van der Waals surface area contributed by atoms with Gasteiger partial charge in [0.05, 0.1) is 0 Å². The van der Waals surface area contributed by atoms with Crippen LogP contribution >= 0.6 is 15.9 Å². The molecule has 100 valence electrons. The molecule has 0 amide bonds. The van der Waals surface area contributed by atoms with Gasteiger partial charge in [0.15, 0.2) is 0 Å². The minimum Gasteiger partial charge on any atom is -0.409 e. The van der Waals surface area contributed by atoms with Crippen molar-refractivity contribution in [1.82, 2.24) is 5.32 Å². The van der Waals surface area contributed by atoms with Crippen LogP contribution in [0.4, 0.5) is 4.39 Å². The van der Waals surface area contributed by atoms with Crippen LogP contribution < -0.4 is 11.1 Å². The molecule has 0 aliphatic carbocycles. The predicted octanol–water partition coefficient (Wildman–Crippen LogP) is 2.59. The summed E-state index contributed by atoms with van der Waals surface area (Å²) in [7, 11) is 0. The van der Waals surface area contributed by atoms with Gasteiger partial charge in [-0.1, -0.05) is 28.0 Å². The summed E-state index contributed by atoms with van der Waals surface area (Å²) >= 11 is 3.37. The molecule has 0 aliphatic rings. The predicted molar refractivity (Wildman–Crippen MR) is 73.0 cm³/mol. The van der Waals surface area contributed by atoms with Crippen LogP contribution in [0.5, 0.6) is 0 Å². The Morgan fingerprint density at radius 2 is 2.33 bits per heavy atom. The van der Waals surface area contributed by atoms with Gasteiger partial charge in [0, 0.05) is 23.5 Å². The van der Waals surface area contributed by atoms with Crippen molar-refractivity contribution < 1.29 is 9.60 Å². The van der Waals surface area contributed by atoms with Crippen molar-refractivity contribution in [3.05, 3.63) is 34.1 Å². The quantitative estimate of drug-likeness (QED) is 0.327. The zero-order valence-corrected chi connectivity index (χ0v) is 11.7. The molecule has 4 N–H and O–H groups in total. The minimum absolute atomic E-state index is 0.0936. The number of rotatable bonds is 6. The van der Waals surface area contributed by atoms with Gasteiger partial charge in [-0.25, -0.2) is 4.39 Å². The summed E-state index contributed by atoms with van der Waals surface area (Å²) in [6.45, 7) is 2.53. The van der Waals surface area contributed by atoms with E-state index >= 15 is 0 Å². The Balaban J connectivity index is 2.59. The summed E-state index contributed by atoms with van der Waals surface area (Å²) in [5.74, 6) is -0.0767. The number of nitrogens with two attached hydrogens (primary N) is 1. The van der Waals surface area contributed by atoms with E-state index in [1.165, 1.54) is 12.1 Å². The SMILES string of the molecule is CCC(C/C(N)=N/O)NCc1cc(F)ccc1Br. The highest BCUT2D eigenvalue weighted by Gasteiger charge is 2.09. The maximum absolute atomic E-state index is 13.1. The second kappa shape index (κ2) is 7.33. The van der Waals surface area contributed by atoms with Gasteiger partial charge in [0.25, 0.3) is 0 Å². The number of hydrogen-bond donors (Lipinski definition) is 3. The third kappa shape index (κ3) is 4.62. The lowest BCUT2D eigenvalue weighted by molar-refractivity contribution is 0.315. The van der Waals surface area contributed by atoms with E-state index in [1.54, 1.807) is 6.07 Å². The molecule has 6 heteroatoms. The molecule has 0 heterocycles. The average molecular weight is 318 g/mol. The number of nitrogens with zero attached hydrogens (tertiary/aromatic N) is 1. The van der Waals surface area contributed by atoms with Crippen LogP contribution in [0.15, 0.2) is 27.8 Å². The van der Waals surface area contributed by atoms with Gasteiger partial charge in [-0.3, -0.25) is 0 Å². The van der Waals surface area contributed by atoms with Crippen LogP contribution in [0.1, 0.15) is 25.3 Å². The Morgan fingerprint density at radius 3 is 2.94 bits per heavy atom. The molecule has 0 spiro atoms. The van der Waals surface area contributed by atoms with Crippen molar-refractivity contribution in [3.63, 3.8) is 0 Å². The Kier molecular flexibility index (Phi) is 6.07. The average Bonchev–Trinajstić information content (AvgIpc) is 2.37. The van der Waals surface area contributed by atoms with Crippen molar-refractivity contribution in [2.45, 2.75) is 32.4 Å². The van der Waals surface area contributed by atoms with Crippen LogP contribution in [0, 0.1) is 5.82 Å². The Hall–Kier alpha value is -1.14. The molecule has 0 radical (unpaired) electrons. The van der Waals surface area contributed by atoms with Crippen molar-refractivity contribution in [1.29, 1.82) is 0 Å². The van der Waals surface area contributed by atoms with Crippen molar-refractivity contribution in [2.24, 2.45) is 10.9 Å². The van der Waals surface area contributed by atoms with Gasteiger partial charge in [-0.2, -0.15) is 0 Å². The topological polar surface area (TPSA) is 70.6 Å². The van der Waals surface area contributed by atoms with Gasteiger partial charge >= 0.3 is 0 Å². The lowest BCUT2D eigenvalue weighted by Gasteiger charge is -2.16. The van der Waals surface area contributed by atoms with E-state index in [4.69, 9.17) is 10.9 Å². The molecular weight excluding hydrogens is 301 g/mol. The zero-order valence-electron chi connectivity index (χ0n) is 10.2. The first-order chi connectivity index (χ1) is 8.56. The molecule has 4 nitrogen and oxygen atoms in total. The summed E-state index contributed by atoms with van der Waals surface area (Å²) in [5, 5.41) is 14.7. The lowest BCUT2D eigenvalue weighted by Crippen LogP contribution is -2.32. The highest BCUT2D eigenvalue weighted by Crippen LogP contribution is 2.18. The molecule has 1 aromatic rings. The summed E-state index contributed by atoms with van der Waals surface area (Å²) in [5.41, 5.74) is 6.30. The maximum Gasteiger partial charge on any atom is 0.140 e. The molecule has 0 saturated carbocycles. The first-order valence-electron chi connectivity index (χ1n) is 5.70. The lowest BCUT2D eigenvalue weighted by atomic mass is 10.1. The third-order valence-corrected chi connectivity index (χ3v) is 3.44. The Morgan fingerprint density at radius 1 is 1.61 bits per heavy atom. The number of benzene rings is 1. The van der Waals surface area contributed by atoms with Crippen LogP contribution in [0.3, 0.4) is 0 Å². The third-order valence-electron chi connectivity index (χ3n) is 2.67. The number of hydrogen-bond acceptors (Lipinski definition) is 3. The fourth-order valence-electron chi connectivity index (χ4n) is 1.59. The Bertz CT molecular complexity index is 426. The van der Waals surface area contributed by atoms with Gasteiger partial charge < -0.3 is 16.3 Å². The monoisotopic (exact) mass is 317 g/mol. The number of amidine groups is 1. The smallest absolute Gasteiger partial charge is 0.140 e. The second-order valence-corrected chi connectivity index (χ2v) is 4.87. The molecular formula is C12H17BrFN3O. The Labute approximate surface area is 114 Å². The molecule has 0 aromatic heterocycles. The highest BCUT2D eigenvalue weighted by atomic mass is 79.9. The molecule has 1 aromatic carbocycles. The summed E-state index contributed by atoms with van der Waals surface area (Å²) < 4.78 is 14.0. The summed E-state index contributed by atoms with van der Waals surface area (Å²) in [4.78, 5) is 0. The summed E-state index contributed by atoms with van der Waals surface area (Å²) in [6.07, 6.45) is 1.29. The fraction of sp³-hybridized carbons (Fsp3) is 0.417. The number of nitrogens with one attached hydrogen (secondary N) is 1. The molecule has 1 rings (SSSR count).